The fourth-order valence-electron chi connectivity index (χ4n) is 1.46. The van der Waals surface area contributed by atoms with Crippen molar-refractivity contribution >= 4 is 17.5 Å². The fraction of sp³-hybridized carbons (Fsp3) is 0.0909. The van der Waals surface area contributed by atoms with Gasteiger partial charge in [0.25, 0.3) is 0 Å². The molecule has 1 aromatic heterocycles. The Hall–Kier alpha value is -1.72. The number of hydrazine groups is 1. The summed E-state index contributed by atoms with van der Waals surface area (Å²) in [6, 6.07) is 5.95. The molecule has 2 aromatic rings. The smallest absolute Gasteiger partial charge is 0.237 e. The summed E-state index contributed by atoms with van der Waals surface area (Å²) in [7, 11) is 0. The van der Waals surface area contributed by atoms with E-state index in [1.54, 1.807) is 13.0 Å². The molecule has 0 fully saturated rings. The largest absolute Gasteiger partial charge is 0.292 e. The van der Waals surface area contributed by atoms with E-state index in [2.05, 4.69) is 15.4 Å². The van der Waals surface area contributed by atoms with Gasteiger partial charge >= 0.3 is 0 Å². The van der Waals surface area contributed by atoms with Crippen molar-refractivity contribution in [3.8, 4) is 11.3 Å². The van der Waals surface area contributed by atoms with Gasteiger partial charge in [0.2, 0.25) is 5.95 Å². The monoisotopic (exact) mass is 252 g/mol. The molecule has 0 saturated heterocycles. The maximum atomic E-state index is 13.7. The third kappa shape index (κ3) is 2.51. The molecule has 0 bridgehead atoms. The quantitative estimate of drug-likeness (QED) is 0.637. The van der Waals surface area contributed by atoms with E-state index in [1.807, 2.05) is 0 Å². The Morgan fingerprint density at radius 1 is 1.29 bits per heavy atom. The van der Waals surface area contributed by atoms with Crippen LogP contribution in [0.25, 0.3) is 11.3 Å². The Bertz CT molecular complexity index is 559. The number of nitrogen functional groups attached to an aromatic ring is 1. The van der Waals surface area contributed by atoms with Crippen molar-refractivity contribution in [2.24, 2.45) is 5.84 Å². The summed E-state index contributed by atoms with van der Waals surface area (Å²) in [4.78, 5) is 8.11. The minimum Gasteiger partial charge on any atom is -0.292 e. The highest BCUT2D eigenvalue weighted by Gasteiger charge is 2.09. The molecule has 17 heavy (non-hydrogen) atoms. The van der Waals surface area contributed by atoms with Gasteiger partial charge in [-0.15, -0.1) is 0 Å². The van der Waals surface area contributed by atoms with E-state index >= 15 is 0 Å². The predicted molar refractivity (Wildman–Crippen MR) is 65.0 cm³/mol. The summed E-state index contributed by atoms with van der Waals surface area (Å²) < 4.78 is 13.7. The number of nitrogens with two attached hydrogens (primary N) is 1. The first-order valence-corrected chi connectivity index (χ1v) is 5.25. The zero-order valence-electron chi connectivity index (χ0n) is 9.04. The second-order valence-corrected chi connectivity index (χ2v) is 3.92. The topological polar surface area (TPSA) is 63.8 Å². The van der Waals surface area contributed by atoms with Gasteiger partial charge in [-0.3, -0.25) is 5.43 Å². The molecule has 0 aliphatic carbocycles. The van der Waals surface area contributed by atoms with Crippen molar-refractivity contribution in [1.82, 2.24) is 9.97 Å². The van der Waals surface area contributed by atoms with Gasteiger partial charge in [0.05, 0.1) is 5.69 Å². The van der Waals surface area contributed by atoms with E-state index in [1.165, 1.54) is 18.2 Å². The summed E-state index contributed by atoms with van der Waals surface area (Å²) in [5.74, 6) is 5.08. The van der Waals surface area contributed by atoms with Crippen LogP contribution in [0.5, 0.6) is 0 Å². The Kier molecular flexibility index (Phi) is 3.21. The van der Waals surface area contributed by atoms with Gasteiger partial charge in [-0.2, -0.15) is 0 Å². The number of anilines is 1. The lowest BCUT2D eigenvalue weighted by Crippen LogP contribution is -2.11. The van der Waals surface area contributed by atoms with Crippen LogP contribution in [0, 0.1) is 12.7 Å². The van der Waals surface area contributed by atoms with Gasteiger partial charge in [-0.1, -0.05) is 11.6 Å². The SMILES string of the molecule is Cc1cc(-c2cc(Cl)ccc2F)nc(NN)n1. The van der Waals surface area contributed by atoms with Gasteiger partial charge in [-0.25, -0.2) is 20.2 Å². The average molecular weight is 253 g/mol. The number of hydrogen-bond donors (Lipinski definition) is 2. The zero-order chi connectivity index (χ0) is 12.4. The van der Waals surface area contributed by atoms with E-state index in [9.17, 15) is 4.39 Å². The molecule has 1 heterocycles. The third-order valence-electron chi connectivity index (χ3n) is 2.19. The maximum Gasteiger partial charge on any atom is 0.237 e. The average Bonchev–Trinajstić information content (AvgIpc) is 2.31. The standard InChI is InChI=1S/C11H10ClFN4/c1-6-4-10(16-11(15-6)17-14)8-5-7(12)2-3-9(8)13/h2-5H,14H2,1H3,(H,15,16,17). The number of aromatic nitrogens is 2. The Balaban J connectivity index is 2.59. The van der Waals surface area contributed by atoms with E-state index in [0.29, 0.717) is 22.0 Å². The van der Waals surface area contributed by atoms with Crippen molar-refractivity contribution in [2.45, 2.75) is 6.92 Å². The molecule has 6 heteroatoms. The van der Waals surface area contributed by atoms with Crippen LogP contribution in [-0.4, -0.2) is 9.97 Å². The van der Waals surface area contributed by atoms with Crippen LogP contribution >= 0.6 is 11.6 Å². The lowest BCUT2D eigenvalue weighted by Gasteiger charge is -2.06. The van der Waals surface area contributed by atoms with Crippen molar-refractivity contribution in [3.63, 3.8) is 0 Å². The molecule has 1 aromatic carbocycles. The Morgan fingerprint density at radius 3 is 2.76 bits per heavy atom. The molecule has 88 valence electrons. The van der Waals surface area contributed by atoms with E-state index in [-0.39, 0.29) is 5.95 Å². The first-order valence-electron chi connectivity index (χ1n) is 4.88. The minimum atomic E-state index is -0.393. The van der Waals surface area contributed by atoms with Gasteiger partial charge in [0.1, 0.15) is 5.82 Å². The van der Waals surface area contributed by atoms with Gasteiger partial charge < -0.3 is 0 Å². The number of halogens is 2. The Morgan fingerprint density at radius 2 is 2.06 bits per heavy atom. The molecule has 0 aliphatic rings. The highest BCUT2D eigenvalue weighted by Crippen LogP contribution is 2.25. The third-order valence-corrected chi connectivity index (χ3v) is 2.42. The van der Waals surface area contributed by atoms with Crippen molar-refractivity contribution < 1.29 is 4.39 Å². The molecule has 2 rings (SSSR count). The number of nitrogens with one attached hydrogen (secondary N) is 1. The van der Waals surface area contributed by atoms with Crippen LogP contribution in [0.1, 0.15) is 5.69 Å². The maximum absolute atomic E-state index is 13.7. The van der Waals surface area contributed by atoms with E-state index in [4.69, 9.17) is 17.4 Å². The summed E-state index contributed by atoms with van der Waals surface area (Å²) in [5.41, 5.74) is 3.77. The molecule has 0 amide bonds. The van der Waals surface area contributed by atoms with Crippen molar-refractivity contribution in [2.75, 3.05) is 5.43 Å². The second-order valence-electron chi connectivity index (χ2n) is 3.49. The van der Waals surface area contributed by atoms with Crippen LogP contribution in [0.2, 0.25) is 5.02 Å². The summed E-state index contributed by atoms with van der Waals surface area (Å²) in [6.07, 6.45) is 0. The number of rotatable bonds is 2. The molecule has 0 aliphatic heterocycles. The first kappa shape index (κ1) is 11.8. The number of hydrogen-bond acceptors (Lipinski definition) is 4. The summed E-state index contributed by atoms with van der Waals surface area (Å²) >= 11 is 5.83. The van der Waals surface area contributed by atoms with Crippen molar-refractivity contribution in [1.29, 1.82) is 0 Å². The molecule has 0 radical (unpaired) electrons. The first-order chi connectivity index (χ1) is 8.10. The van der Waals surface area contributed by atoms with Crippen LogP contribution in [0.15, 0.2) is 24.3 Å². The molecule has 0 spiro atoms. The van der Waals surface area contributed by atoms with Gasteiger partial charge in [0, 0.05) is 16.3 Å². The van der Waals surface area contributed by atoms with E-state index in [0.717, 1.165) is 0 Å². The molecule has 0 unspecified atom stereocenters. The molecular formula is C11H10ClFN4. The van der Waals surface area contributed by atoms with E-state index < -0.39 is 5.82 Å². The van der Waals surface area contributed by atoms with Crippen LogP contribution in [-0.2, 0) is 0 Å². The van der Waals surface area contributed by atoms with Crippen LogP contribution < -0.4 is 11.3 Å². The fourth-order valence-corrected chi connectivity index (χ4v) is 1.64. The normalized spacial score (nSPS) is 10.4. The molecule has 0 saturated carbocycles. The molecular weight excluding hydrogens is 243 g/mol. The minimum absolute atomic E-state index is 0.236. The second kappa shape index (κ2) is 4.65. The summed E-state index contributed by atoms with van der Waals surface area (Å²) in [5, 5.41) is 0.444. The predicted octanol–water partition coefficient (Wildman–Crippen LogP) is 2.53. The number of nitrogens with zero attached hydrogens (tertiary/aromatic N) is 2. The highest BCUT2D eigenvalue weighted by molar-refractivity contribution is 6.30. The zero-order valence-corrected chi connectivity index (χ0v) is 9.79. The van der Waals surface area contributed by atoms with Gasteiger partial charge in [-0.05, 0) is 31.2 Å². The summed E-state index contributed by atoms with van der Waals surface area (Å²) in [6.45, 7) is 1.77. The highest BCUT2D eigenvalue weighted by atomic mass is 35.5. The number of benzene rings is 1. The van der Waals surface area contributed by atoms with Crippen LogP contribution in [0.3, 0.4) is 0 Å². The Labute approximate surface area is 103 Å². The number of aryl methyl sites for hydroxylation is 1. The molecule has 4 nitrogen and oxygen atoms in total. The lowest BCUT2D eigenvalue weighted by atomic mass is 10.1. The van der Waals surface area contributed by atoms with Crippen LogP contribution in [0.4, 0.5) is 10.3 Å². The van der Waals surface area contributed by atoms with Gasteiger partial charge in [0.15, 0.2) is 0 Å². The lowest BCUT2D eigenvalue weighted by molar-refractivity contribution is 0.630. The molecule has 0 atom stereocenters. The van der Waals surface area contributed by atoms with Crippen molar-refractivity contribution in [3.05, 3.63) is 40.8 Å². The molecule has 3 N–H and O–H groups in total.